The summed E-state index contributed by atoms with van der Waals surface area (Å²) in [5.41, 5.74) is 2.61. The van der Waals surface area contributed by atoms with Crippen molar-refractivity contribution in [2.45, 2.75) is 26.2 Å². The Bertz CT molecular complexity index is 1150. The van der Waals surface area contributed by atoms with Crippen molar-refractivity contribution in [2.24, 2.45) is 0 Å². The van der Waals surface area contributed by atoms with E-state index in [9.17, 15) is 9.90 Å². The molecular weight excluding hydrogens is 384 g/mol. The molecule has 1 unspecified atom stereocenters. The Balaban J connectivity index is 1.61. The van der Waals surface area contributed by atoms with Gasteiger partial charge in [0, 0.05) is 15.8 Å². The highest BCUT2D eigenvalue weighted by molar-refractivity contribution is 7.09. The number of rotatable bonds is 7. The molecule has 0 saturated carbocycles. The van der Waals surface area contributed by atoms with E-state index >= 15 is 0 Å². The van der Waals surface area contributed by atoms with Crippen LogP contribution in [0.4, 0.5) is 0 Å². The second-order valence-electron chi connectivity index (χ2n) is 7.00. The Hall–Kier alpha value is -2.80. The van der Waals surface area contributed by atoms with Gasteiger partial charge in [-0.15, -0.1) is 11.3 Å². The summed E-state index contributed by atoms with van der Waals surface area (Å²) in [6.07, 6.45) is -0.827. The minimum Gasteiger partial charge on any atom is -0.389 e. The number of aryl methyl sites for hydroxylation is 1. The topological polar surface area (TPSA) is 64.3 Å². The molecule has 1 N–H and O–H groups in total. The third kappa shape index (κ3) is 4.45. The van der Waals surface area contributed by atoms with Crippen LogP contribution >= 0.6 is 11.3 Å². The zero-order valence-corrected chi connectivity index (χ0v) is 16.9. The van der Waals surface area contributed by atoms with Crippen molar-refractivity contribution in [1.29, 1.82) is 0 Å². The fourth-order valence-corrected chi connectivity index (χ4v) is 3.87. The maximum absolute atomic E-state index is 12.9. The fourth-order valence-electron chi connectivity index (χ4n) is 3.23. The van der Waals surface area contributed by atoms with Gasteiger partial charge in [-0.25, -0.2) is 4.68 Å². The summed E-state index contributed by atoms with van der Waals surface area (Å²) in [6, 6.07) is 19.4. The summed E-state index contributed by atoms with van der Waals surface area (Å²) in [5, 5.41) is 18.4. The van der Waals surface area contributed by atoms with E-state index in [-0.39, 0.29) is 18.7 Å². The van der Waals surface area contributed by atoms with Crippen LogP contribution in [-0.4, -0.2) is 27.6 Å². The standard InChI is InChI=1S/C23H22N2O3S/c1-16-8-10-17(11-9-16)22-20-6-2-3-7-21(20)23(27)25(24-22)13-18(26)14-28-15-19-5-4-12-29-19/h2-12,18,26H,13-15H2,1H3. The summed E-state index contributed by atoms with van der Waals surface area (Å²) in [5.74, 6) is 0. The lowest BCUT2D eigenvalue weighted by atomic mass is 10.0. The number of ether oxygens (including phenoxy) is 1. The lowest BCUT2D eigenvalue weighted by Crippen LogP contribution is -2.31. The number of nitrogens with zero attached hydrogens (tertiary/aromatic N) is 2. The van der Waals surface area contributed by atoms with Gasteiger partial charge in [-0.3, -0.25) is 4.79 Å². The van der Waals surface area contributed by atoms with Gasteiger partial charge in [0.15, 0.2) is 0 Å². The molecule has 0 aliphatic rings. The zero-order chi connectivity index (χ0) is 20.2. The van der Waals surface area contributed by atoms with E-state index in [4.69, 9.17) is 4.74 Å². The largest absolute Gasteiger partial charge is 0.389 e. The first-order valence-corrected chi connectivity index (χ1v) is 10.3. The molecule has 2 heterocycles. The first kappa shape index (κ1) is 19.5. The number of hydrogen-bond donors (Lipinski definition) is 1. The smallest absolute Gasteiger partial charge is 0.274 e. The summed E-state index contributed by atoms with van der Waals surface area (Å²) in [6.45, 7) is 2.69. The minimum absolute atomic E-state index is 0.0764. The number of aliphatic hydroxyl groups excluding tert-OH is 1. The SMILES string of the molecule is Cc1ccc(-c2nn(CC(O)COCc3cccs3)c(=O)c3ccccc23)cc1. The second kappa shape index (κ2) is 8.69. The van der Waals surface area contributed by atoms with E-state index in [1.807, 2.05) is 66.9 Å². The van der Waals surface area contributed by atoms with Crippen molar-refractivity contribution in [3.05, 3.63) is 86.8 Å². The van der Waals surface area contributed by atoms with Crippen molar-refractivity contribution in [1.82, 2.24) is 9.78 Å². The predicted molar refractivity (Wildman–Crippen MR) is 116 cm³/mol. The number of thiophene rings is 1. The zero-order valence-electron chi connectivity index (χ0n) is 16.1. The molecule has 5 nitrogen and oxygen atoms in total. The quantitative estimate of drug-likeness (QED) is 0.504. The van der Waals surface area contributed by atoms with Gasteiger partial charge in [0.1, 0.15) is 0 Å². The highest BCUT2D eigenvalue weighted by Gasteiger charge is 2.15. The number of aromatic nitrogens is 2. The first-order chi connectivity index (χ1) is 14.1. The van der Waals surface area contributed by atoms with Gasteiger partial charge in [0.2, 0.25) is 0 Å². The molecule has 0 amide bonds. The summed E-state index contributed by atoms with van der Waals surface area (Å²) >= 11 is 1.61. The molecule has 0 aliphatic heterocycles. The summed E-state index contributed by atoms with van der Waals surface area (Å²) < 4.78 is 6.93. The Labute approximate surface area is 172 Å². The molecule has 0 saturated heterocycles. The van der Waals surface area contributed by atoms with Gasteiger partial charge in [0.25, 0.3) is 5.56 Å². The van der Waals surface area contributed by atoms with E-state index in [1.54, 1.807) is 17.4 Å². The molecule has 0 bridgehead atoms. The van der Waals surface area contributed by atoms with Crippen LogP contribution < -0.4 is 5.56 Å². The fraction of sp³-hybridized carbons (Fsp3) is 0.217. The van der Waals surface area contributed by atoms with Gasteiger partial charge >= 0.3 is 0 Å². The lowest BCUT2D eigenvalue weighted by Gasteiger charge is -2.15. The van der Waals surface area contributed by atoms with Crippen LogP contribution in [0.5, 0.6) is 0 Å². The van der Waals surface area contributed by atoms with Crippen LogP contribution in [0.3, 0.4) is 0 Å². The van der Waals surface area contributed by atoms with Crippen molar-refractivity contribution >= 4 is 22.1 Å². The molecule has 2 aromatic heterocycles. The van der Waals surface area contributed by atoms with Crippen LogP contribution in [0, 0.1) is 6.92 Å². The third-order valence-electron chi connectivity index (χ3n) is 4.71. The summed E-state index contributed by atoms with van der Waals surface area (Å²) in [7, 11) is 0. The van der Waals surface area contributed by atoms with E-state index in [0.717, 1.165) is 27.1 Å². The maximum Gasteiger partial charge on any atom is 0.274 e. The molecule has 0 fully saturated rings. The molecule has 4 aromatic rings. The lowest BCUT2D eigenvalue weighted by molar-refractivity contribution is 0.0190. The first-order valence-electron chi connectivity index (χ1n) is 9.47. The molecule has 4 rings (SSSR count). The Morgan fingerprint density at radius 1 is 1.07 bits per heavy atom. The Morgan fingerprint density at radius 3 is 2.55 bits per heavy atom. The normalized spacial score (nSPS) is 12.3. The molecule has 29 heavy (non-hydrogen) atoms. The van der Waals surface area contributed by atoms with Gasteiger partial charge in [0.05, 0.1) is 36.9 Å². The minimum atomic E-state index is -0.827. The number of hydrogen-bond acceptors (Lipinski definition) is 5. The molecular formula is C23H22N2O3S. The van der Waals surface area contributed by atoms with Crippen molar-refractivity contribution in [3.63, 3.8) is 0 Å². The van der Waals surface area contributed by atoms with E-state index in [1.165, 1.54) is 4.68 Å². The van der Waals surface area contributed by atoms with E-state index in [2.05, 4.69) is 5.10 Å². The van der Waals surface area contributed by atoms with Crippen LogP contribution in [0.15, 0.2) is 70.8 Å². The van der Waals surface area contributed by atoms with Crippen LogP contribution in [0.2, 0.25) is 0 Å². The van der Waals surface area contributed by atoms with Gasteiger partial charge in [-0.2, -0.15) is 5.10 Å². The van der Waals surface area contributed by atoms with Crippen LogP contribution in [0.1, 0.15) is 10.4 Å². The van der Waals surface area contributed by atoms with Gasteiger partial charge in [-0.05, 0) is 24.4 Å². The molecule has 2 aromatic carbocycles. The van der Waals surface area contributed by atoms with Crippen molar-refractivity contribution in [3.8, 4) is 11.3 Å². The average molecular weight is 407 g/mol. The second-order valence-corrected chi connectivity index (χ2v) is 8.03. The highest BCUT2D eigenvalue weighted by atomic mass is 32.1. The maximum atomic E-state index is 12.9. The Kier molecular flexibility index (Phi) is 5.85. The summed E-state index contributed by atoms with van der Waals surface area (Å²) in [4.78, 5) is 14.0. The molecule has 0 radical (unpaired) electrons. The number of benzene rings is 2. The van der Waals surface area contributed by atoms with E-state index < -0.39 is 6.10 Å². The predicted octanol–water partition coefficient (Wildman–Crippen LogP) is 4.01. The highest BCUT2D eigenvalue weighted by Crippen LogP contribution is 2.25. The van der Waals surface area contributed by atoms with Crippen molar-refractivity contribution < 1.29 is 9.84 Å². The van der Waals surface area contributed by atoms with Crippen LogP contribution in [0.25, 0.3) is 22.0 Å². The molecule has 0 spiro atoms. The van der Waals surface area contributed by atoms with Crippen molar-refractivity contribution in [2.75, 3.05) is 6.61 Å². The monoisotopic (exact) mass is 406 g/mol. The Morgan fingerprint density at radius 2 is 1.83 bits per heavy atom. The molecule has 148 valence electrons. The van der Waals surface area contributed by atoms with Gasteiger partial charge < -0.3 is 9.84 Å². The molecule has 6 heteroatoms. The van der Waals surface area contributed by atoms with Gasteiger partial charge in [-0.1, -0.05) is 54.1 Å². The van der Waals surface area contributed by atoms with E-state index in [0.29, 0.717) is 12.0 Å². The van der Waals surface area contributed by atoms with Crippen LogP contribution in [-0.2, 0) is 17.9 Å². The number of fused-ring (bicyclic) bond motifs is 1. The average Bonchev–Trinajstić information content (AvgIpc) is 3.24. The molecule has 1 atom stereocenters. The molecule has 0 aliphatic carbocycles. The third-order valence-corrected chi connectivity index (χ3v) is 5.56. The number of aliphatic hydroxyl groups is 1.